The van der Waals surface area contributed by atoms with Gasteiger partial charge in [0.05, 0.1) is 12.8 Å². The number of rotatable bonds is 5. The Kier molecular flexibility index (Phi) is 5.06. The summed E-state index contributed by atoms with van der Waals surface area (Å²) in [4.78, 5) is 8.78. The second-order valence-electron chi connectivity index (χ2n) is 5.74. The molecule has 1 N–H and O–H groups in total. The van der Waals surface area contributed by atoms with Gasteiger partial charge in [0.25, 0.3) is 0 Å². The van der Waals surface area contributed by atoms with Crippen LogP contribution in [0.3, 0.4) is 0 Å². The van der Waals surface area contributed by atoms with E-state index in [0.717, 1.165) is 23.8 Å². The standard InChI is InChI=1S/C15H26N4O/c1-18(2)13-5-8-16-15(20-4)14(13)17-11-12-6-9-19(3)10-7-12/h5,8,12,17H,6-7,9-11H2,1-4H3. The summed E-state index contributed by atoms with van der Waals surface area (Å²) in [5.74, 6) is 1.40. The lowest BCUT2D eigenvalue weighted by Crippen LogP contribution is -2.33. The SMILES string of the molecule is COc1nccc(N(C)C)c1NCC1CCN(C)CC1. The first kappa shape index (κ1) is 14.9. The van der Waals surface area contributed by atoms with Crippen LogP contribution in [0.1, 0.15) is 12.8 Å². The fourth-order valence-corrected chi connectivity index (χ4v) is 2.64. The first-order valence-corrected chi connectivity index (χ1v) is 7.24. The van der Waals surface area contributed by atoms with E-state index >= 15 is 0 Å². The maximum atomic E-state index is 5.38. The third-order valence-electron chi connectivity index (χ3n) is 3.98. The highest BCUT2D eigenvalue weighted by Gasteiger charge is 2.18. The summed E-state index contributed by atoms with van der Waals surface area (Å²) in [6.45, 7) is 3.37. The van der Waals surface area contributed by atoms with Crippen LogP contribution in [-0.4, -0.2) is 57.8 Å². The van der Waals surface area contributed by atoms with Crippen molar-refractivity contribution in [2.75, 3.05) is 58.1 Å². The topological polar surface area (TPSA) is 40.6 Å². The molecule has 2 rings (SSSR count). The number of aromatic nitrogens is 1. The molecule has 0 spiro atoms. The molecule has 20 heavy (non-hydrogen) atoms. The van der Waals surface area contributed by atoms with Crippen LogP contribution < -0.4 is 15.0 Å². The van der Waals surface area contributed by atoms with Crippen LogP contribution in [0.15, 0.2) is 12.3 Å². The van der Waals surface area contributed by atoms with Crippen molar-refractivity contribution < 1.29 is 4.74 Å². The highest BCUT2D eigenvalue weighted by atomic mass is 16.5. The van der Waals surface area contributed by atoms with E-state index in [1.807, 2.05) is 20.2 Å². The van der Waals surface area contributed by atoms with Crippen LogP contribution in [0.5, 0.6) is 5.88 Å². The zero-order valence-corrected chi connectivity index (χ0v) is 13.0. The van der Waals surface area contributed by atoms with Crippen LogP contribution in [0.4, 0.5) is 11.4 Å². The average molecular weight is 278 g/mol. The number of hydrogen-bond acceptors (Lipinski definition) is 5. The van der Waals surface area contributed by atoms with Gasteiger partial charge in [-0.15, -0.1) is 0 Å². The van der Waals surface area contributed by atoms with Gasteiger partial charge in [-0.1, -0.05) is 0 Å². The minimum absolute atomic E-state index is 0.670. The largest absolute Gasteiger partial charge is 0.479 e. The van der Waals surface area contributed by atoms with Crippen molar-refractivity contribution in [2.45, 2.75) is 12.8 Å². The van der Waals surface area contributed by atoms with Gasteiger partial charge >= 0.3 is 0 Å². The Morgan fingerprint density at radius 3 is 2.70 bits per heavy atom. The molecule has 1 saturated heterocycles. The molecule has 0 saturated carbocycles. The van der Waals surface area contributed by atoms with E-state index in [9.17, 15) is 0 Å². The van der Waals surface area contributed by atoms with Crippen LogP contribution in [-0.2, 0) is 0 Å². The van der Waals surface area contributed by atoms with Gasteiger partial charge in [-0.2, -0.15) is 0 Å². The summed E-state index contributed by atoms with van der Waals surface area (Å²) < 4.78 is 5.38. The highest BCUT2D eigenvalue weighted by molar-refractivity contribution is 5.74. The maximum Gasteiger partial charge on any atom is 0.239 e. The van der Waals surface area contributed by atoms with Crippen molar-refractivity contribution in [1.82, 2.24) is 9.88 Å². The predicted octanol–water partition coefficient (Wildman–Crippen LogP) is 1.91. The minimum Gasteiger partial charge on any atom is -0.479 e. The molecule has 2 heterocycles. The number of anilines is 2. The molecule has 0 atom stereocenters. The molecule has 1 aliphatic rings. The van der Waals surface area contributed by atoms with Gasteiger partial charge in [0.1, 0.15) is 5.69 Å². The van der Waals surface area contributed by atoms with Gasteiger partial charge < -0.3 is 19.9 Å². The van der Waals surface area contributed by atoms with Gasteiger partial charge in [0, 0.05) is 26.8 Å². The van der Waals surface area contributed by atoms with Crippen molar-refractivity contribution in [3.8, 4) is 5.88 Å². The summed E-state index contributed by atoms with van der Waals surface area (Å²) in [5, 5.41) is 3.55. The second-order valence-corrected chi connectivity index (χ2v) is 5.74. The number of piperidine rings is 1. The van der Waals surface area contributed by atoms with Crippen LogP contribution >= 0.6 is 0 Å². The molecule has 0 aliphatic carbocycles. The van der Waals surface area contributed by atoms with Gasteiger partial charge in [-0.3, -0.25) is 0 Å². The number of nitrogens with zero attached hydrogens (tertiary/aromatic N) is 3. The maximum absolute atomic E-state index is 5.38. The number of ether oxygens (including phenoxy) is 1. The fraction of sp³-hybridized carbons (Fsp3) is 0.667. The number of methoxy groups -OCH3 is 1. The molecule has 0 amide bonds. The normalized spacial score (nSPS) is 17.0. The molecule has 1 fully saturated rings. The molecule has 112 valence electrons. The Bertz CT molecular complexity index is 428. The van der Waals surface area contributed by atoms with Crippen LogP contribution in [0.25, 0.3) is 0 Å². The molecular formula is C15H26N4O. The van der Waals surface area contributed by atoms with Gasteiger partial charge in [-0.25, -0.2) is 4.98 Å². The Hall–Kier alpha value is -1.49. The number of pyridine rings is 1. The van der Waals surface area contributed by atoms with Crippen molar-refractivity contribution in [3.05, 3.63) is 12.3 Å². The molecule has 5 nitrogen and oxygen atoms in total. The molecule has 0 bridgehead atoms. The highest BCUT2D eigenvalue weighted by Crippen LogP contribution is 2.32. The predicted molar refractivity (Wildman–Crippen MR) is 83.8 cm³/mol. The zero-order chi connectivity index (χ0) is 14.5. The summed E-state index contributed by atoms with van der Waals surface area (Å²) in [5.41, 5.74) is 2.11. The first-order valence-electron chi connectivity index (χ1n) is 7.24. The monoisotopic (exact) mass is 278 g/mol. The molecule has 0 unspecified atom stereocenters. The zero-order valence-electron chi connectivity index (χ0n) is 13.0. The smallest absolute Gasteiger partial charge is 0.239 e. The number of hydrogen-bond donors (Lipinski definition) is 1. The van der Waals surface area contributed by atoms with Gasteiger partial charge in [0.2, 0.25) is 5.88 Å². The minimum atomic E-state index is 0.670. The molecule has 1 aromatic heterocycles. The summed E-state index contributed by atoms with van der Waals surface area (Å²) in [7, 11) is 7.94. The lowest BCUT2D eigenvalue weighted by atomic mass is 9.97. The lowest BCUT2D eigenvalue weighted by molar-refractivity contribution is 0.226. The van der Waals surface area contributed by atoms with E-state index in [4.69, 9.17) is 4.74 Å². The summed E-state index contributed by atoms with van der Waals surface area (Å²) >= 11 is 0. The molecule has 0 radical (unpaired) electrons. The Balaban J connectivity index is 2.04. The Morgan fingerprint density at radius 2 is 2.10 bits per heavy atom. The third kappa shape index (κ3) is 3.54. The van der Waals surface area contributed by atoms with Crippen molar-refractivity contribution in [3.63, 3.8) is 0 Å². The van der Waals surface area contributed by atoms with Crippen molar-refractivity contribution in [1.29, 1.82) is 0 Å². The van der Waals surface area contributed by atoms with Gasteiger partial charge in [-0.05, 0) is 45.0 Å². The summed E-state index contributed by atoms with van der Waals surface area (Å²) in [6, 6.07) is 2.01. The molecule has 1 aliphatic heterocycles. The summed E-state index contributed by atoms with van der Waals surface area (Å²) in [6.07, 6.45) is 4.29. The van der Waals surface area contributed by atoms with Crippen LogP contribution in [0, 0.1) is 5.92 Å². The third-order valence-corrected chi connectivity index (χ3v) is 3.98. The molecule has 1 aromatic rings. The van der Waals surface area contributed by atoms with E-state index < -0.39 is 0 Å². The van der Waals surface area contributed by atoms with E-state index in [-0.39, 0.29) is 0 Å². The Labute approximate surface area is 121 Å². The van der Waals surface area contributed by atoms with E-state index in [1.165, 1.54) is 25.9 Å². The van der Waals surface area contributed by atoms with E-state index in [1.54, 1.807) is 13.3 Å². The van der Waals surface area contributed by atoms with Crippen LogP contribution in [0.2, 0.25) is 0 Å². The lowest BCUT2D eigenvalue weighted by Gasteiger charge is -2.30. The fourth-order valence-electron chi connectivity index (χ4n) is 2.64. The molecule has 0 aromatic carbocycles. The average Bonchev–Trinajstić information content (AvgIpc) is 2.46. The first-order chi connectivity index (χ1) is 9.61. The number of nitrogens with one attached hydrogen (secondary N) is 1. The Morgan fingerprint density at radius 1 is 1.40 bits per heavy atom. The van der Waals surface area contributed by atoms with E-state index in [2.05, 4.69) is 27.1 Å². The molecular weight excluding hydrogens is 252 g/mol. The van der Waals surface area contributed by atoms with Crippen molar-refractivity contribution >= 4 is 11.4 Å². The van der Waals surface area contributed by atoms with Crippen molar-refractivity contribution in [2.24, 2.45) is 5.92 Å². The number of likely N-dealkylation sites (tertiary alicyclic amines) is 1. The van der Waals surface area contributed by atoms with Gasteiger partial charge in [0.15, 0.2) is 0 Å². The van der Waals surface area contributed by atoms with E-state index in [0.29, 0.717) is 5.88 Å². The molecule has 5 heteroatoms. The quantitative estimate of drug-likeness (QED) is 0.891. The second kappa shape index (κ2) is 6.79.